The summed E-state index contributed by atoms with van der Waals surface area (Å²) >= 11 is 2.92. The number of halogens is 4. The van der Waals surface area contributed by atoms with E-state index in [1.165, 1.54) is 6.07 Å². The van der Waals surface area contributed by atoms with Crippen LogP contribution in [0, 0.1) is 0 Å². The molecular weight excluding hydrogens is 307 g/mol. The van der Waals surface area contributed by atoms with Gasteiger partial charge in [-0.25, -0.2) is 4.79 Å². The molecule has 1 rings (SSSR count). The molecule has 17 heavy (non-hydrogen) atoms. The normalized spacial score (nSPS) is 11.1. The monoisotopic (exact) mass is 313 g/mol. The van der Waals surface area contributed by atoms with Crippen molar-refractivity contribution in [2.45, 2.75) is 6.36 Å². The Balaban J connectivity index is 3.20. The molecule has 0 spiro atoms. The first kappa shape index (κ1) is 13.6. The van der Waals surface area contributed by atoms with Crippen molar-refractivity contribution in [1.82, 2.24) is 0 Å². The van der Waals surface area contributed by atoms with Gasteiger partial charge in [0, 0.05) is 4.47 Å². The van der Waals surface area contributed by atoms with E-state index >= 15 is 0 Å². The quantitative estimate of drug-likeness (QED) is 0.673. The number of nitrogen functional groups attached to an aromatic ring is 1. The van der Waals surface area contributed by atoms with Gasteiger partial charge in [0.15, 0.2) is 5.75 Å². The van der Waals surface area contributed by atoms with E-state index in [4.69, 9.17) is 5.73 Å². The molecule has 0 amide bonds. The standard InChI is InChI=1S/C9H7BrF3NO3/c1-16-8(15)4-2-5(10)7(14)6(3-4)17-9(11,12)13/h2-3H,14H2,1H3. The third-order valence-corrected chi connectivity index (χ3v) is 2.39. The first-order chi connectivity index (χ1) is 7.74. The molecule has 8 heteroatoms. The van der Waals surface area contributed by atoms with E-state index in [0.717, 1.165) is 13.2 Å². The van der Waals surface area contributed by atoms with Crippen molar-refractivity contribution >= 4 is 27.6 Å². The van der Waals surface area contributed by atoms with Gasteiger partial charge in [0.2, 0.25) is 0 Å². The smallest absolute Gasteiger partial charge is 0.465 e. The molecule has 0 aliphatic carbocycles. The summed E-state index contributed by atoms with van der Waals surface area (Å²) in [5.41, 5.74) is 5.02. The Kier molecular flexibility index (Phi) is 3.87. The van der Waals surface area contributed by atoms with Crippen LogP contribution in [0.2, 0.25) is 0 Å². The number of nitrogens with two attached hydrogens (primary N) is 1. The van der Waals surface area contributed by atoms with Crippen LogP contribution in [0.15, 0.2) is 16.6 Å². The molecule has 0 unspecified atom stereocenters. The topological polar surface area (TPSA) is 61.5 Å². The minimum atomic E-state index is -4.89. The van der Waals surface area contributed by atoms with Crippen molar-refractivity contribution in [2.24, 2.45) is 0 Å². The average molecular weight is 314 g/mol. The fraction of sp³-hybridized carbons (Fsp3) is 0.222. The molecule has 0 aliphatic rings. The lowest BCUT2D eigenvalue weighted by atomic mass is 10.2. The number of anilines is 1. The van der Waals surface area contributed by atoms with Crippen molar-refractivity contribution in [3.05, 3.63) is 22.2 Å². The highest BCUT2D eigenvalue weighted by molar-refractivity contribution is 9.10. The zero-order valence-corrected chi connectivity index (χ0v) is 10.1. The van der Waals surface area contributed by atoms with Crippen molar-refractivity contribution in [3.63, 3.8) is 0 Å². The molecule has 0 saturated carbocycles. The van der Waals surface area contributed by atoms with Crippen LogP contribution in [0.25, 0.3) is 0 Å². The van der Waals surface area contributed by atoms with Gasteiger partial charge >= 0.3 is 12.3 Å². The Morgan fingerprint density at radius 2 is 2.00 bits per heavy atom. The predicted octanol–water partition coefficient (Wildman–Crippen LogP) is 2.72. The molecule has 94 valence electrons. The van der Waals surface area contributed by atoms with E-state index < -0.39 is 18.1 Å². The van der Waals surface area contributed by atoms with Crippen molar-refractivity contribution in [1.29, 1.82) is 0 Å². The maximum Gasteiger partial charge on any atom is 0.573 e. The molecule has 1 aromatic carbocycles. The number of rotatable bonds is 2. The Morgan fingerprint density at radius 1 is 1.41 bits per heavy atom. The summed E-state index contributed by atoms with van der Waals surface area (Å²) in [5.74, 6) is -1.45. The number of ether oxygens (including phenoxy) is 2. The van der Waals surface area contributed by atoms with Crippen LogP contribution in [-0.4, -0.2) is 19.4 Å². The van der Waals surface area contributed by atoms with Gasteiger partial charge < -0.3 is 15.2 Å². The summed E-state index contributed by atoms with van der Waals surface area (Å²) < 4.78 is 44.4. The Morgan fingerprint density at radius 3 is 2.47 bits per heavy atom. The van der Waals surface area contributed by atoms with E-state index in [-0.39, 0.29) is 15.7 Å². The molecule has 0 saturated heterocycles. The van der Waals surface area contributed by atoms with Crippen molar-refractivity contribution in [3.8, 4) is 5.75 Å². The molecule has 0 aliphatic heterocycles. The average Bonchev–Trinajstić information content (AvgIpc) is 2.21. The fourth-order valence-corrected chi connectivity index (χ4v) is 1.48. The fourth-order valence-electron chi connectivity index (χ4n) is 1.04. The van der Waals surface area contributed by atoms with Crippen LogP contribution in [0.5, 0.6) is 5.75 Å². The van der Waals surface area contributed by atoms with E-state index in [1.54, 1.807) is 0 Å². The minimum absolute atomic E-state index is 0.104. The number of carbonyl (C=O) groups excluding carboxylic acids is 1. The zero-order valence-electron chi connectivity index (χ0n) is 8.47. The molecule has 0 heterocycles. The Bertz CT molecular complexity index is 448. The molecular formula is C9H7BrF3NO3. The van der Waals surface area contributed by atoms with Gasteiger partial charge in [-0.3, -0.25) is 0 Å². The highest BCUT2D eigenvalue weighted by Gasteiger charge is 2.32. The molecule has 4 nitrogen and oxygen atoms in total. The molecule has 1 aromatic rings. The second kappa shape index (κ2) is 4.82. The van der Waals surface area contributed by atoms with E-state index in [2.05, 4.69) is 25.4 Å². The number of hydrogen-bond donors (Lipinski definition) is 1. The van der Waals surface area contributed by atoms with Gasteiger partial charge in [-0.15, -0.1) is 13.2 Å². The third-order valence-electron chi connectivity index (χ3n) is 1.74. The van der Waals surface area contributed by atoms with Crippen LogP contribution >= 0.6 is 15.9 Å². The van der Waals surface area contributed by atoms with Gasteiger partial charge in [0.05, 0.1) is 18.4 Å². The van der Waals surface area contributed by atoms with E-state index in [9.17, 15) is 18.0 Å². The van der Waals surface area contributed by atoms with Crippen LogP contribution in [0.4, 0.5) is 18.9 Å². The summed E-state index contributed by atoms with van der Waals surface area (Å²) in [6.07, 6.45) is -4.89. The first-order valence-electron chi connectivity index (χ1n) is 4.17. The van der Waals surface area contributed by atoms with E-state index in [1.807, 2.05) is 0 Å². The molecule has 2 N–H and O–H groups in total. The number of benzene rings is 1. The zero-order chi connectivity index (χ0) is 13.2. The largest absolute Gasteiger partial charge is 0.573 e. The summed E-state index contributed by atoms with van der Waals surface area (Å²) in [5, 5.41) is 0. The lowest BCUT2D eigenvalue weighted by Crippen LogP contribution is -2.18. The van der Waals surface area contributed by atoms with Crippen molar-refractivity contribution < 1.29 is 27.4 Å². The Hall–Kier alpha value is -1.44. The van der Waals surface area contributed by atoms with E-state index in [0.29, 0.717) is 0 Å². The molecule has 0 fully saturated rings. The summed E-state index contributed by atoms with van der Waals surface area (Å²) in [7, 11) is 1.11. The SMILES string of the molecule is COC(=O)c1cc(Br)c(N)c(OC(F)(F)F)c1. The first-order valence-corrected chi connectivity index (χ1v) is 4.97. The molecule has 0 bridgehead atoms. The highest BCUT2D eigenvalue weighted by atomic mass is 79.9. The van der Waals surface area contributed by atoms with Gasteiger partial charge in [-0.2, -0.15) is 0 Å². The Labute approximate surface area is 103 Å². The summed E-state index contributed by atoms with van der Waals surface area (Å²) in [6, 6.07) is 2.10. The minimum Gasteiger partial charge on any atom is -0.465 e. The van der Waals surface area contributed by atoms with Crippen LogP contribution < -0.4 is 10.5 Å². The van der Waals surface area contributed by atoms with Crippen molar-refractivity contribution in [2.75, 3.05) is 12.8 Å². The number of carbonyl (C=O) groups is 1. The number of hydrogen-bond acceptors (Lipinski definition) is 4. The second-order valence-electron chi connectivity index (χ2n) is 2.91. The second-order valence-corrected chi connectivity index (χ2v) is 3.76. The summed E-state index contributed by atoms with van der Waals surface area (Å²) in [4.78, 5) is 11.2. The third kappa shape index (κ3) is 3.52. The number of alkyl halides is 3. The van der Waals surface area contributed by atoms with Gasteiger partial charge in [-0.1, -0.05) is 0 Å². The number of methoxy groups -OCH3 is 1. The van der Waals surface area contributed by atoms with Crippen LogP contribution in [-0.2, 0) is 4.74 Å². The molecule has 0 aromatic heterocycles. The molecule has 0 radical (unpaired) electrons. The lowest BCUT2D eigenvalue weighted by Gasteiger charge is -2.13. The van der Waals surface area contributed by atoms with Gasteiger partial charge in [-0.05, 0) is 28.1 Å². The number of esters is 1. The van der Waals surface area contributed by atoms with Gasteiger partial charge in [0.1, 0.15) is 0 Å². The van der Waals surface area contributed by atoms with Crippen LogP contribution in [0.1, 0.15) is 10.4 Å². The lowest BCUT2D eigenvalue weighted by molar-refractivity contribution is -0.274. The molecule has 0 atom stereocenters. The highest BCUT2D eigenvalue weighted by Crippen LogP contribution is 2.35. The maximum atomic E-state index is 12.1. The predicted molar refractivity (Wildman–Crippen MR) is 56.6 cm³/mol. The van der Waals surface area contributed by atoms with Crippen LogP contribution in [0.3, 0.4) is 0 Å². The van der Waals surface area contributed by atoms with Gasteiger partial charge in [0.25, 0.3) is 0 Å². The summed E-state index contributed by atoms with van der Waals surface area (Å²) in [6.45, 7) is 0. The maximum absolute atomic E-state index is 12.1.